The quantitative estimate of drug-likeness (QED) is 0.474. The predicted octanol–water partition coefficient (Wildman–Crippen LogP) is 4.67. The molecule has 0 bridgehead atoms. The van der Waals surface area contributed by atoms with Gasteiger partial charge >= 0.3 is 0 Å². The summed E-state index contributed by atoms with van der Waals surface area (Å²) in [7, 11) is 1.63. The molecule has 6 heteroatoms. The number of halogens is 1. The molecular weight excluding hydrogens is 436 g/mol. The number of ether oxygens (including phenoxy) is 1. The van der Waals surface area contributed by atoms with Crippen LogP contribution in [0.4, 0.5) is 0 Å². The van der Waals surface area contributed by atoms with Crippen molar-refractivity contribution in [1.29, 1.82) is 0 Å². The van der Waals surface area contributed by atoms with Crippen molar-refractivity contribution < 1.29 is 14.3 Å². The monoisotopic (exact) mass is 464 g/mol. The van der Waals surface area contributed by atoms with Gasteiger partial charge in [-0.2, -0.15) is 0 Å². The van der Waals surface area contributed by atoms with Crippen LogP contribution in [0, 0.1) is 0 Å². The molecule has 5 nitrogen and oxygen atoms in total. The number of carbonyl (C=O) groups excluding carboxylic acids is 2. The van der Waals surface area contributed by atoms with Gasteiger partial charge in [0.25, 0.3) is 0 Å². The normalized spacial score (nSPS) is 11.5. The standard InChI is InChI=1S/C27H29ClN2O3/c1-20(27(32)29-17-16-21-10-14-25(33-2)15-11-21)30(19-23-6-4-3-5-7-23)26(31)18-22-8-12-24(28)13-9-22/h3-15,20H,16-19H2,1-2H3,(H,29,32)/t20-/m0/s1. The van der Waals surface area contributed by atoms with Gasteiger partial charge < -0.3 is 15.0 Å². The lowest BCUT2D eigenvalue weighted by Gasteiger charge is -2.29. The number of hydrogen-bond acceptors (Lipinski definition) is 3. The van der Waals surface area contributed by atoms with E-state index in [-0.39, 0.29) is 18.2 Å². The van der Waals surface area contributed by atoms with E-state index in [1.807, 2.05) is 66.7 Å². The first-order chi connectivity index (χ1) is 16.0. The van der Waals surface area contributed by atoms with Crippen molar-refractivity contribution in [1.82, 2.24) is 10.2 Å². The van der Waals surface area contributed by atoms with Gasteiger partial charge in [-0.25, -0.2) is 0 Å². The predicted molar refractivity (Wildman–Crippen MR) is 131 cm³/mol. The number of methoxy groups -OCH3 is 1. The zero-order valence-corrected chi connectivity index (χ0v) is 19.7. The Morgan fingerprint density at radius 1 is 0.909 bits per heavy atom. The molecule has 3 aromatic rings. The molecule has 0 saturated heterocycles. The fourth-order valence-electron chi connectivity index (χ4n) is 3.51. The molecule has 0 spiro atoms. The van der Waals surface area contributed by atoms with E-state index in [2.05, 4.69) is 5.32 Å². The van der Waals surface area contributed by atoms with Crippen molar-refractivity contribution in [3.05, 3.63) is 101 Å². The second-order valence-corrected chi connectivity index (χ2v) is 8.31. The second kappa shape index (κ2) is 12.1. The van der Waals surface area contributed by atoms with E-state index in [1.165, 1.54) is 0 Å². The Morgan fingerprint density at radius 3 is 2.18 bits per heavy atom. The van der Waals surface area contributed by atoms with Gasteiger partial charge in [0, 0.05) is 18.1 Å². The van der Waals surface area contributed by atoms with E-state index in [0.717, 1.165) is 22.4 Å². The molecule has 33 heavy (non-hydrogen) atoms. The summed E-state index contributed by atoms with van der Waals surface area (Å²) in [5.74, 6) is 0.509. The Morgan fingerprint density at radius 2 is 1.55 bits per heavy atom. The fourth-order valence-corrected chi connectivity index (χ4v) is 3.64. The molecule has 2 amide bonds. The van der Waals surface area contributed by atoms with Crippen LogP contribution in [0.5, 0.6) is 5.75 Å². The number of carbonyl (C=O) groups is 2. The summed E-state index contributed by atoms with van der Waals surface area (Å²) in [6.07, 6.45) is 0.896. The molecule has 0 unspecified atom stereocenters. The number of rotatable bonds is 10. The minimum atomic E-state index is -0.610. The molecule has 0 radical (unpaired) electrons. The lowest BCUT2D eigenvalue weighted by atomic mass is 10.1. The third-order valence-corrected chi connectivity index (χ3v) is 5.76. The Kier molecular flexibility index (Phi) is 8.90. The van der Waals surface area contributed by atoms with Gasteiger partial charge in [-0.15, -0.1) is 0 Å². The molecule has 0 saturated carbocycles. The third-order valence-electron chi connectivity index (χ3n) is 5.50. The van der Waals surface area contributed by atoms with Gasteiger partial charge in [0.1, 0.15) is 11.8 Å². The van der Waals surface area contributed by atoms with Crippen LogP contribution in [-0.2, 0) is 29.0 Å². The largest absolute Gasteiger partial charge is 0.497 e. The van der Waals surface area contributed by atoms with E-state index in [0.29, 0.717) is 24.5 Å². The van der Waals surface area contributed by atoms with Crippen molar-refractivity contribution in [3.8, 4) is 5.75 Å². The molecule has 1 atom stereocenters. The second-order valence-electron chi connectivity index (χ2n) is 7.88. The summed E-state index contributed by atoms with van der Waals surface area (Å²) in [5.41, 5.74) is 2.93. The van der Waals surface area contributed by atoms with Gasteiger partial charge in [0.2, 0.25) is 11.8 Å². The SMILES string of the molecule is COc1ccc(CCNC(=O)[C@H](C)N(Cc2ccccc2)C(=O)Cc2ccc(Cl)cc2)cc1. The van der Waals surface area contributed by atoms with Crippen LogP contribution >= 0.6 is 11.6 Å². The summed E-state index contributed by atoms with van der Waals surface area (Å²) in [4.78, 5) is 27.8. The van der Waals surface area contributed by atoms with Crippen LogP contribution in [0.3, 0.4) is 0 Å². The van der Waals surface area contributed by atoms with Crippen LogP contribution in [0.1, 0.15) is 23.6 Å². The lowest BCUT2D eigenvalue weighted by molar-refractivity contribution is -0.140. The summed E-state index contributed by atoms with van der Waals surface area (Å²) < 4.78 is 5.18. The van der Waals surface area contributed by atoms with Crippen LogP contribution in [0.15, 0.2) is 78.9 Å². The van der Waals surface area contributed by atoms with Gasteiger partial charge in [-0.05, 0) is 54.3 Å². The number of hydrogen-bond donors (Lipinski definition) is 1. The molecule has 3 rings (SSSR count). The highest BCUT2D eigenvalue weighted by atomic mass is 35.5. The zero-order chi connectivity index (χ0) is 23.6. The first-order valence-electron chi connectivity index (χ1n) is 10.9. The number of nitrogens with one attached hydrogen (secondary N) is 1. The van der Waals surface area contributed by atoms with E-state index in [9.17, 15) is 9.59 Å². The van der Waals surface area contributed by atoms with Crippen molar-refractivity contribution >= 4 is 23.4 Å². The van der Waals surface area contributed by atoms with Crippen molar-refractivity contribution in [2.75, 3.05) is 13.7 Å². The van der Waals surface area contributed by atoms with Crippen LogP contribution in [0.25, 0.3) is 0 Å². The first-order valence-corrected chi connectivity index (χ1v) is 11.3. The molecule has 0 heterocycles. The molecule has 0 fully saturated rings. The van der Waals surface area contributed by atoms with E-state index in [4.69, 9.17) is 16.3 Å². The topological polar surface area (TPSA) is 58.6 Å². The van der Waals surface area contributed by atoms with Crippen molar-refractivity contribution in [2.45, 2.75) is 32.4 Å². The Labute approximate surface area is 200 Å². The lowest BCUT2D eigenvalue weighted by Crippen LogP contribution is -2.48. The molecule has 0 aliphatic carbocycles. The van der Waals surface area contributed by atoms with Crippen molar-refractivity contribution in [3.63, 3.8) is 0 Å². The molecule has 0 aliphatic rings. The highest BCUT2D eigenvalue weighted by molar-refractivity contribution is 6.30. The Hall–Kier alpha value is -3.31. The average Bonchev–Trinajstić information content (AvgIpc) is 2.84. The summed E-state index contributed by atoms with van der Waals surface area (Å²) in [5, 5.41) is 3.59. The summed E-state index contributed by atoms with van der Waals surface area (Å²) >= 11 is 5.96. The highest BCUT2D eigenvalue weighted by Gasteiger charge is 2.26. The van der Waals surface area contributed by atoms with E-state index >= 15 is 0 Å². The van der Waals surface area contributed by atoms with Gasteiger partial charge in [0.05, 0.1) is 13.5 Å². The molecule has 3 aromatic carbocycles. The first kappa shape index (κ1) is 24.3. The van der Waals surface area contributed by atoms with Crippen LogP contribution in [0.2, 0.25) is 5.02 Å². The maximum atomic E-state index is 13.2. The average molecular weight is 465 g/mol. The molecule has 0 aliphatic heterocycles. The van der Waals surface area contributed by atoms with E-state index in [1.54, 1.807) is 31.1 Å². The van der Waals surface area contributed by atoms with Gasteiger partial charge in [-0.3, -0.25) is 9.59 Å². The fraction of sp³-hybridized carbons (Fsp3) is 0.259. The van der Waals surface area contributed by atoms with Gasteiger partial charge in [-0.1, -0.05) is 66.2 Å². The number of amides is 2. The Bertz CT molecular complexity index is 1040. The zero-order valence-electron chi connectivity index (χ0n) is 19.0. The third kappa shape index (κ3) is 7.36. The molecule has 0 aromatic heterocycles. The maximum absolute atomic E-state index is 13.2. The Balaban J connectivity index is 1.64. The van der Waals surface area contributed by atoms with Crippen LogP contribution in [-0.4, -0.2) is 36.4 Å². The minimum absolute atomic E-state index is 0.112. The summed E-state index contributed by atoms with van der Waals surface area (Å²) in [6.45, 7) is 2.62. The number of benzene rings is 3. The molecule has 172 valence electrons. The number of nitrogens with zero attached hydrogens (tertiary/aromatic N) is 1. The van der Waals surface area contributed by atoms with E-state index < -0.39 is 6.04 Å². The van der Waals surface area contributed by atoms with Gasteiger partial charge in [0.15, 0.2) is 0 Å². The molecule has 1 N–H and O–H groups in total. The smallest absolute Gasteiger partial charge is 0.242 e. The summed E-state index contributed by atoms with van der Waals surface area (Å²) in [6, 6.07) is 24.0. The maximum Gasteiger partial charge on any atom is 0.242 e. The van der Waals surface area contributed by atoms with Crippen molar-refractivity contribution in [2.24, 2.45) is 0 Å². The minimum Gasteiger partial charge on any atom is -0.497 e. The molecular formula is C27H29ClN2O3. The van der Waals surface area contributed by atoms with Crippen LogP contribution < -0.4 is 10.1 Å². The highest BCUT2D eigenvalue weighted by Crippen LogP contribution is 2.15.